The number of hydrogen-bond donors (Lipinski definition) is 4. The van der Waals surface area contributed by atoms with Gasteiger partial charge >= 0.3 is 12.0 Å². The number of aliphatic carboxylic acids is 1. The summed E-state index contributed by atoms with van der Waals surface area (Å²) < 4.78 is 0. The molecule has 0 radical (unpaired) electrons. The lowest BCUT2D eigenvalue weighted by atomic mass is 10.1. The average molecular weight is 293 g/mol. The van der Waals surface area contributed by atoms with E-state index in [4.69, 9.17) is 10.8 Å². The minimum absolute atomic E-state index is 0.0438. The Morgan fingerprint density at radius 1 is 1.19 bits per heavy atom. The fourth-order valence-corrected chi connectivity index (χ4v) is 1.77. The molecule has 0 bridgehead atoms. The zero-order valence-electron chi connectivity index (χ0n) is 11.7. The number of amides is 3. The lowest BCUT2D eigenvalue weighted by Gasteiger charge is -2.18. The maximum Gasteiger partial charge on any atom is 0.326 e. The van der Waals surface area contributed by atoms with Gasteiger partial charge in [-0.25, -0.2) is 9.59 Å². The van der Waals surface area contributed by atoms with Gasteiger partial charge < -0.3 is 21.5 Å². The van der Waals surface area contributed by atoms with Crippen molar-refractivity contribution < 1.29 is 19.5 Å². The largest absolute Gasteiger partial charge is 0.480 e. The number of carboxylic acid groups (broad SMARTS) is 1. The topological polar surface area (TPSA) is 122 Å². The molecule has 1 aromatic carbocycles. The Morgan fingerprint density at radius 2 is 1.81 bits per heavy atom. The number of primary amides is 1. The SMILES string of the molecule is CC(NC(=O)NC(CCC(N)=O)C(=O)O)c1ccccc1. The summed E-state index contributed by atoms with van der Waals surface area (Å²) in [6, 6.07) is 7.23. The van der Waals surface area contributed by atoms with Crippen molar-refractivity contribution in [3.8, 4) is 0 Å². The lowest BCUT2D eigenvalue weighted by molar-refractivity contribution is -0.139. The van der Waals surface area contributed by atoms with Gasteiger partial charge in [0.1, 0.15) is 6.04 Å². The van der Waals surface area contributed by atoms with Crippen LogP contribution in [0.2, 0.25) is 0 Å². The summed E-state index contributed by atoms with van der Waals surface area (Å²) in [5, 5.41) is 13.9. The predicted molar refractivity (Wildman–Crippen MR) is 76.4 cm³/mol. The normalized spacial score (nSPS) is 13.0. The molecule has 1 rings (SSSR count). The highest BCUT2D eigenvalue weighted by Crippen LogP contribution is 2.10. The first kappa shape index (κ1) is 16.5. The van der Waals surface area contributed by atoms with Crippen molar-refractivity contribution in [3.63, 3.8) is 0 Å². The van der Waals surface area contributed by atoms with E-state index in [9.17, 15) is 14.4 Å². The Labute approximate surface area is 122 Å². The maximum atomic E-state index is 11.8. The molecule has 1 aromatic rings. The Morgan fingerprint density at radius 3 is 2.33 bits per heavy atom. The monoisotopic (exact) mass is 293 g/mol. The lowest BCUT2D eigenvalue weighted by Crippen LogP contribution is -2.46. The minimum Gasteiger partial charge on any atom is -0.480 e. The number of rotatable bonds is 7. The highest BCUT2D eigenvalue weighted by molar-refractivity contribution is 5.83. The summed E-state index contributed by atoms with van der Waals surface area (Å²) in [6.45, 7) is 1.79. The maximum absolute atomic E-state index is 11.8. The van der Waals surface area contributed by atoms with E-state index < -0.39 is 23.9 Å². The molecule has 21 heavy (non-hydrogen) atoms. The van der Waals surface area contributed by atoms with E-state index in [1.807, 2.05) is 30.3 Å². The van der Waals surface area contributed by atoms with E-state index >= 15 is 0 Å². The van der Waals surface area contributed by atoms with Crippen molar-refractivity contribution in [3.05, 3.63) is 35.9 Å². The molecule has 7 heteroatoms. The van der Waals surface area contributed by atoms with E-state index in [2.05, 4.69) is 10.6 Å². The molecule has 0 fully saturated rings. The molecule has 3 amide bonds. The predicted octanol–water partition coefficient (Wildman–Crippen LogP) is 0.766. The Bertz CT molecular complexity index is 504. The molecule has 0 aliphatic heterocycles. The molecular weight excluding hydrogens is 274 g/mol. The number of hydrogen-bond acceptors (Lipinski definition) is 3. The first-order valence-electron chi connectivity index (χ1n) is 6.53. The summed E-state index contributed by atoms with van der Waals surface area (Å²) in [5.74, 6) is -1.82. The fraction of sp³-hybridized carbons (Fsp3) is 0.357. The van der Waals surface area contributed by atoms with Gasteiger partial charge in [-0.15, -0.1) is 0 Å². The first-order valence-corrected chi connectivity index (χ1v) is 6.53. The smallest absolute Gasteiger partial charge is 0.326 e. The number of nitrogens with two attached hydrogens (primary N) is 1. The van der Waals surface area contributed by atoms with E-state index in [-0.39, 0.29) is 18.9 Å². The van der Waals surface area contributed by atoms with Crippen LogP contribution in [-0.4, -0.2) is 29.1 Å². The van der Waals surface area contributed by atoms with Crippen LogP contribution < -0.4 is 16.4 Å². The summed E-state index contributed by atoms with van der Waals surface area (Å²) in [6.07, 6.45) is -0.150. The van der Waals surface area contributed by atoms with Gasteiger partial charge in [0.2, 0.25) is 5.91 Å². The van der Waals surface area contributed by atoms with Crippen LogP contribution in [-0.2, 0) is 9.59 Å². The van der Waals surface area contributed by atoms with Gasteiger partial charge in [0.15, 0.2) is 0 Å². The molecule has 0 saturated carbocycles. The Balaban J connectivity index is 2.54. The summed E-state index contributed by atoms with van der Waals surface area (Å²) in [4.78, 5) is 33.5. The van der Waals surface area contributed by atoms with E-state index in [1.54, 1.807) is 6.92 Å². The second-order valence-corrected chi connectivity index (χ2v) is 4.65. The van der Waals surface area contributed by atoms with Crippen LogP contribution in [0.15, 0.2) is 30.3 Å². The molecule has 7 nitrogen and oxygen atoms in total. The van der Waals surface area contributed by atoms with Gasteiger partial charge in [-0.05, 0) is 18.9 Å². The molecule has 2 atom stereocenters. The number of carbonyl (C=O) groups is 3. The van der Waals surface area contributed by atoms with Crippen molar-refractivity contribution in [2.45, 2.75) is 31.8 Å². The molecule has 0 aliphatic carbocycles. The van der Waals surface area contributed by atoms with E-state index in [1.165, 1.54) is 0 Å². The van der Waals surface area contributed by atoms with Gasteiger partial charge in [0, 0.05) is 6.42 Å². The number of nitrogens with one attached hydrogen (secondary N) is 2. The second kappa shape index (κ2) is 7.88. The standard InChI is InChI=1S/C14H19N3O4/c1-9(10-5-3-2-4-6-10)16-14(21)17-11(13(19)20)7-8-12(15)18/h2-6,9,11H,7-8H2,1H3,(H2,15,18)(H,19,20)(H2,16,17,21). The van der Waals surface area contributed by atoms with E-state index in [0.717, 1.165) is 5.56 Å². The molecule has 0 aliphatic rings. The van der Waals surface area contributed by atoms with Gasteiger partial charge in [0.05, 0.1) is 6.04 Å². The Hall–Kier alpha value is -2.57. The third kappa shape index (κ3) is 5.94. The summed E-state index contributed by atoms with van der Waals surface area (Å²) in [7, 11) is 0. The summed E-state index contributed by atoms with van der Waals surface area (Å²) in [5.41, 5.74) is 5.87. The van der Waals surface area contributed by atoms with Crippen molar-refractivity contribution in [1.29, 1.82) is 0 Å². The molecule has 114 valence electrons. The van der Waals surface area contributed by atoms with Crippen LogP contribution in [0.4, 0.5) is 4.79 Å². The summed E-state index contributed by atoms with van der Waals surface area (Å²) >= 11 is 0. The van der Waals surface area contributed by atoms with Gasteiger partial charge in [0.25, 0.3) is 0 Å². The molecule has 0 aromatic heterocycles. The van der Waals surface area contributed by atoms with Crippen LogP contribution in [0, 0.1) is 0 Å². The number of benzene rings is 1. The van der Waals surface area contributed by atoms with Crippen LogP contribution in [0.5, 0.6) is 0 Å². The number of urea groups is 1. The molecular formula is C14H19N3O4. The van der Waals surface area contributed by atoms with Crippen molar-refractivity contribution in [1.82, 2.24) is 10.6 Å². The molecule has 2 unspecified atom stereocenters. The van der Waals surface area contributed by atoms with E-state index in [0.29, 0.717) is 0 Å². The van der Waals surface area contributed by atoms with Gasteiger partial charge in [-0.3, -0.25) is 4.79 Å². The minimum atomic E-state index is -1.21. The van der Waals surface area contributed by atoms with Crippen LogP contribution >= 0.6 is 0 Å². The molecule has 0 spiro atoms. The fourth-order valence-electron chi connectivity index (χ4n) is 1.77. The zero-order valence-corrected chi connectivity index (χ0v) is 11.7. The molecule has 5 N–H and O–H groups in total. The Kier molecular flexibility index (Phi) is 6.19. The average Bonchev–Trinajstić information content (AvgIpc) is 2.43. The van der Waals surface area contributed by atoms with Crippen LogP contribution in [0.25, 0.3) is 0 Å². The van der Waals surface area contributed by atoms with Crippen molar-refractivity contribution in [2.24, 2.45) is 5.73 Å². The second-order valence-electron chi connectivity index (χ2n) is 4.65. The number of carboxylic acids is 1. The van der Waals surface area contributed by atoms with Crippen molar-refractivity contribution >= 4 is 17.9 Å². The highest BCUT2D eigenvalue weighted by Gasteiger charge is 2.21. The zero-order chi connectivity index (χ0) is 15.8. The third-order valence-corrected chi connectivity index (χ3v) is 2.93. The third-order valence-electron chi connectivity index (χ3n) is 2.93. The first-order chi connectivity index (χ1) is 9.90. The molecule has 0 heterocycles. The van der Waals surface area contributed by atoms with Gasteiger partial charge in [-0.1, -0.05) is 30.3 Å². The van der Waals surface area contributed by atoms with Crippen LogP contribution in [0.3, 0.4) is 0 Å². The van der Waals surface area contributed by atoms with Crippen LogP contribution in [0.1, 0.15) is 31.4 Å². The number of carbonyl (C=O) groups excluding carboxylic acids is 2. The quantitative estimate of drug-likeness (QED) is 0.593. The van der Waals surface area contributed by atoms with Crippen molar-refractivity contribution in [2.75, 3.05) is 0 Å². The molecule has 0 saturated heterocycles. The van der Waals surface area contributed by atoms with Gasteiger partial charge in [-0.2, -0.15) is 0 Å². The highest BCUT2D eigenvalue weighted by atomic mass is 16.4.